The molecule has 3 heterocycles. The molecule has 0 atom stereocenters. The molecule has 0 fully saturated rings. The number of amides is 2. The molecule has 0 unspecified atom stereocenters. The number of anilines is 2. The minimum Gasteiger partial charge on any atom is -0.483 e. The average Bonchev–Trinajstić information content (AvgIpc) is 3.26. The minimum atomic E-state index is -4.50. The van der Waals surface area contributed by atoms with E-state index in [1.54, 1.807) is 58.5 Å². The average molecular weight is 498 g/mol. The first-order valence-electron chi connectivity index (χ1n) is 9.95. The third kappa shape index (κ3) is 6.23. The lowest BCUT2D eigenvalue weighted by Gasteiger charge is -2.11. The molecule has 4 aromatic rings. The van der Waals surface area contributed by atoms with E-state index in [-0.39, 0.29) is 17.9 Å². The van der Waals surface area contributed by atoms with E-state index in [0.29, 0.717) is 34.0 Å². The van der Waals surface area contributed by atoms with Gasteiger partial charge in [-0.05, 0) is 24.3 Å². The number of nitrogens with zero attached hydrogens (tertiary/aromatic N) is 5. The van der Waals surface area contributed by atoms with E-state index in [1.165, 1.54) is 6.20 Å². The lowest BCUT2D eigenvalue weighted by Crippen LogP contribution is -2.36. The maximum atomic E-state index is 12.3. The van der Waals surface area contributed by atoms with E-state index in [0.717, 1.165) is 0 Å². The molecule has 0 saturated heterocycles. The molecule has 0 radical (unpaired) electrons. The number of hydrogen-bond donors (Lipinski definition) is 4. The number of aromatic nitrogens is 4. The zero-order valence-electron chi connectivity index (χ0n) is 18.2. The van der Waals surface area contributed by atoms with E-state index in [1.807, 2.05) is 6.07 Å². The van der Waals surface area contributed by atoms with Crippen molar-refractivity contribution < 1.29 is 27.9 Å². The third-order valence-electron chi connectivity index (χ3n) is 4.58. The number of halogens is 3. The fourth-order valence-electron chi connectivity index (χ4n) is 3.07. The van der Waals surface area contributed by atoms with Gasteiger partial charge in [0.05, 0.1) is 18.1 Å². The smallest absolute Gasteiger partial charge is 0.405 e. The summed E-state index contributed by atoms with van der Waals surface area (Å²) in [6.45, 7) is -1.68. The number of nitrogens with two attached hydrogens (primary N) is 1. The highest BCUT2D eigenvalue weighted by Gasteiger charge is 2.27. The van der Waals surface area contributed by atoms with E-state index in [4.69, 9.17) is 20.9 Å². The SMILES string of the molecule is N#Cc1cnc(-c2ccn3c(-c4cccc(NC(=O)NCC(F)(F)F)c4)cnc3c2)nc1N.O=CO. The molecular weight excluding hydrogens is 481 g/mol. The molecule has 1 aromatic carbocycles. The van der Waals surface area contributed by atoms with Crippen LogP contribution in [0.15, 0.2) is 55.0 Å². The van der Waals surface area contributed by atoms with Gasteiger partial charge in [0.1, 0.15) is 29.6 Å². The van der Waals surface area contributed by atoms with Gasteiger partial charge in [-0.15, -0.1) is 0 Å². The quantitative estimate of drug-likeness (QED) is 0.310. The number of fused-ring (bicyclic) bond motifs is 1. The van der Waals surface area contributed by atoms with Crippen molar-refractivity contribution >= 4 is 29.7 Å². The summed E-state index contributed by atoms with van der Waals surface area (Å²) in [6, 6.07) is 11.1. The van der Waals surface area contributed by atoms with Gasteiger partial charge in [-0.25, -0.2) is 19.7 Å². The van der Waals surface area contributed by atoms with Crippen molar-refractivity contribution in [1.29, 1.82) is 5.26 Å². The van der Waals surface area contributed by atoms with Crippen LogP contribution in [-0.2, 0) is 4.79 Å². The molecule has 2 amide bonds. The first-order valence-corrected chi connectivity index (χ1v) is 9.95. The van der Waals surface area contributed by atoms with E-state index in [2.05, 4.69) is 20.3 Å². The Morgan fingerprint density at radius 3 is 2.61 bits per heavy atom. The van der Waals surface area contributed by atoms with Crippen LogP contribution in [0.25, 0.3) is 28.3 Å². The molecule has 0 aliphatic carbocycles. The van der Waals surface area contributed by atoms with Crippen LogP contribution in [0.1, 0.15) is 5.56 Å². The molecular formula is C22H17F3N8O3. The summed E-state index contributed by atoms with van der Waals surface area (Å²) in [7, 11) is 0. The summed E-state index contributed by atoms with van der Waals surface area (Å²) in [5, 5.41) is 20.0. The predicted octanol–water partition coefficient (Wildman–Crippen LogP) is 3.30. The fourth-order valence-corrected chi connectivity index (χ4v) is 3.07. The largest absolute Gasteiger partial charge is 0.483 e. The number of benzene rings is 1. The third-order valence-corrected chi connectivity index (χ3v) is 4.58. The Hall–Kier alpha value is -5.19. The fraction of sp³-hybridized carbons (Fsp3) is 0.0909. The number of urea groups is 1. The van der Waals surface area contributed by atoms with Crippen LogP contribution in [0, 0.1) is 11.3 Å². The standard InChI is InChI=1S/C21H15F3N8O.CH2O2/c22-21(23,24)11-29-20(33)30-15-3-1-2-12(6-15)16-10-27-17-7-13(4-5-32(16)17)19-28-9-14(8-25)18(26)31-19;2-1-3/h1-7,9-10H,11H2,(H2,26,28,31)(H2,29,30,33);1H,(H,2,3). The normalized spacial score (nSPS) is 10.6. The lowest BCUT2D eigenvalue weighted by atomic mass is 10.1. The summed E-state index contributed by atoms with van der Waals surface area (Å²) in [6.07, 6.45) is 0.224. The number of alkyl halides is 3. The van der Waals surface area contributed by atoms with Crippen LogP contribution in [-0.4, -0.2) is 49.7 Å². The number of nitriles is 1. The monoisotopic (exact) mass is 498 g/mol. The highest BCUT2D eigenvalue weighted by molar-refractivity contribution is 5.90. The molecule has 5 N–H and O–H groups in total. The summed E-state index contributed by atoms with van der Waals surface area (Å²) < 4.78 is 38.6. The van der Waals surface area contributed by atoms with Crippen molar-refractivity contribution in [3.8, 4) is 28.7 Å². The first kappa shape index (κ1) is 25.4. The van der Waals surface area contributed by atoms with Gasteiger partial charge in [0.2, 0.25) is 0 Å². The van der Waals surface area contributed by atoms with Crippen molar-refractivity contribution in [3.05, 3.63) is 60.6 Å². The maximum absolute atomic E-state index is 12.3. The number of nitrogens with one attached hydrogen (secondary N) is 2. The topological polar surface area (TPSA) is 171 Å². The molecule has 0 bridgehead atoms. The lowest BCUT2D eigenvalue weighted by molar-refractivity contribution is -0.123. The van der Waals surface area contributed by atoms with Crippen molar-refractivity contribution in [1.82, 2.24) is 24.7 Å². The molecule has 0 spiro atoms. The van der Waals surface area contributed by atoms with Gasteiger partial charge < -0.3 is 21.5 Å². The zero-order valence-corrected chi connectivity index (χ0v) is 18.2. The Morgan fingerprint density at radius 2 is 1.94 bits per heavy atom. The highest BCUT2D eigenvalue weighted by atomic mass is 19.4. The van der Waals surface area contributed by atoms with Gasteiger partial charge in [-0.2, -0.15) is 18.4 Å². The molecule has 14 heteroatoms. The van der Waals surface area contributed by atoms with Crippen LogP contribution in [0.4, 0.5) is 29.5 Å². The second-order valence-corrected chi connectivity index (χ2v) is 7.00. The van der Waals surface area contributed by atoms with Crippen LogP contribution in [0.3, 0.4) is 0 Å². The second kappa shape index (κ2) is 10.8. The maximum Gasteiger partial charge on any atom is 0.405 e. The Labute approximate surface area is 201 Å². The van der Waals surface area contributed by atoms with Gasteiger partial charge >= 0.3 is 12.2 Å². The number of nitrogen functional groups attached to an aromatic ring is 1. The van der Waals surface area contributed by atoms with Gasteiger partial charge in [-0.1, -0.05) is 12.1 Å². The Morgan fingerprint density at radius 1 is 1.19 bits per heavy atom. The number of carbonyl (C=O) groups excluding carboxylic acids is 1. The number of hydrogen-bond acceptors (Lipinski definition) is 7. The van der Waals surface area contributed by atoms with Crippen LogP contribution >= 0.6 is 0 Å². The summed E-state index contributed by atoms with van der Waals surface area (Å²) in [5.41, 5.74) is 8.87. The molecule has 184 valence electrons. The summed E-state index contributed by atoms with van der Waals surface area (Å²) >= 11 is 0. The van der Waals surface area contributed by atoms with E-state index < -0.39 is 18.8 Å². The summed E-state index contributed by atoms with van der Waals surface area (Å²) in [5.74, 6) is 0.421. The Balaban J connectivity index is 0.00000115. The first-order chi connectivity index (χ1) is 17.1. The number of rotatable bonds is 4. The van der Waals surface area contributed by atoms with Gasteiger partial charge in [0.15, 0.2) is 5.82 Å². The minimum absolute atomic E-state index is 0.0787. The van der Waals surface area contributed by atoms with Crippen LogP contribution in [0.2, 0.25) is 0 Å². The second-order valence-electron chi connectivity index (χ2n) is 7.00. The van der Waals surface area contributed by atoms with Crippen molar-refractivity contribution in [2.75, 3.05) is 17.6 Å². The van der Waals surface area contributed by atoms with Crippen molar-refractivity contribution in [2.45, 2.75) is 6.18 Å². The number of carboxylic acid groups (broad SMARTS) is 1. The number of carbonyl (C=O) groups is 2. The van der Waals surface area contributed by atoms with Gasteiger partial charge in [-0.3, -0.25) is 9.20 Å². The zero-order chi connectivity index (χ0) is 26.3. The summed E-state index contributed by atoms with van der Waals surface area (Å²) in [4.78, 5) is 32.8. The predicted molar refractivity (Wildman–Crippen MR) is 123 cm³/mol. The molecule has 0 aliphatic rings. The number of imidazole rings is 1. The van der Waals surface area contributed by atoms with Crippen molar-refractivity contribution in [3.63, 3.8) is 0 Å². The van der Waals surface area contributed by atoms with Gasteiger partial charge in [0, 0.05) is 23.0 Å². The Kier molecular flexibility index (Phi) is 7.65. The highest BCUT2D eigenvalue weighted by Crippen LogP contribution is 2.26. The molecule has 0 aliphatic heterocycles. The van der Waals surface area contributed by atoms with Gasteiger partial charge in [0.25, 0.3) is 6.47 Å². The van der Waals surface area contributed by atoms with Crippen LogP contribution in [0.5, 0.6) is 0 Å². The van der Waals surface area contributed by atoms with Crippen LogP contribution < -0.4 is 16.4 Å². The molecule has 4 rings (SSSR count). The molecule has 11 nitrogen and oxygen atoms in total. The Bertz CT molecular complexity index is 1450. The molecule has 3 aromatic heterocycles. The number of pyridine rings is 1. The van der Waals surface area contributed by atoms with E-state index in [9.17, 15) is 18.0 Å². The molecule has 0 saturated carbocycles. The molecule has 36 heavy (non-hydrogen) atoms. The van der Waals surface area contributed by atoms with Crippen molar-refractivity contribution in [2.24, 2.45) is 0 Å². The van der Waals surface area contributed by atoms with E-state index >= 15 is 0 Å².